The molecule has 51 heavy (non-hydrogen) atoms. The normalized spacial score (nSPS) is 8.75. The molecule has 3 aromatic carbocycles. The van der Waals surface area contributed by atoms with Gasteiger partial charge in [0.1, 0.15) is 24.7 Å². The Labute approximate surface area is 291 Å². The molecule has 278 valence electrons. The summed E-state index contributed by atoms with van der Waals surface area (Å²) in [5.74, 6) is -2.07. The molecule has 0 saturated carbocycles. The third-order valence-electron chi connectivity index (χ3n) is 4.41. The lowest BCUT2D eigenvalue weighted by molar-refractivity contribution is -0.385. The molecule has 3 rings (SSSR count). The lowest BCUT2D eigenvalue weighted by atomic mass is 10.3. The zero-order chi connectivity index (χ0) is 40.1. The average molecular weight is 723 g/mol. The molecule has 0 aliphatic heterocycles. The Morgan fingerprint density at radius 3 is 1.24 bits per heavy atom. The topological polar surface area (TPSA) is 320 Å². The standard InChI is InChI=1S/C8H7NO4.2C6H5NO3.C5H8O3.2C3H6O2/c1-6(10)13-8-4-2-7(3-5-8)9(11)12;2*8-6-3-1-5(2-4-6)7(9)10;1-4(6)3-8-5(2)7;1-3(5)2-4;1-2-3(4)5/h2-5H,1H3;2*1-4,8H;3H2,1-2H3;4H,2H2,1H3;2H2,1H3,(H,4,5)/p-1. The first-order valence-electron chi connectivity index (χ1n) is 13.9. The van der Waals surface area contributed by atoms with Crippen LogP contribution in [0.15, 0.2) is 72.8 Å². The predicted molar refractivity (Wildman–Crippen MR) is 173 cm³/mol. The summed E-state index contributed by atoms with van der Waals surface area (Å²) in [5.41, 5.74) is -0.103. The first-order valence-corrected chi connectivity index (χ1v) is 13.9. The second kappa shape index (κ2) is 28.2. The maximum atomic E-state index is 10.5. The van der Waals surface area contributed by atoms with E-state index in [1.54, 1.807) is 0 Å². The van der Waals surface area contributed by atoms with Crippen LogP contribution in [-0.4, -0.2) is 67.7 Å². The number of aliphatic hydroxyl groups excluding tert-OH is 1. The number of ether oxygens (including phenoxy) is 2. The van der Waals surface area contributed by atoms with Crippen LogP contribution in [-0.2, 0) is 28.7 Å². The average Bonchev–Trinajstić information content (AvgIpc) is 3.05. The molecule has 0 radical (unpaired) electrons. The predicted octanol–water partition coefficient (Wildman–Crippen LogP) is 2.45. The van der Waals surface area contributed by atoms with Crippen molar-refractivity contribution in [2.45, 2.75) is 41.0 Å². The van der Waals surface area contributed by atoms with Gasteiger partial charge >= 0.3 is 13.4 Å². The molecule has 2 N–H and O–H groups in total. The molecule has 0 saturated heterocycles. The molecule has 0 atom stereocenters. The van der Waals surface area contributed by atoms with Gasteiger partial charge in [0.15, 0.2) is 11.6 Å². The van der Waals surface area contributed by atoms with E-state index in [0.717, 1.165) is 12.1 Å². The molecule has 0 amide bonds. The van der Waals surface area contributed by atoms with Crippen molar-refractivity contribution in [2.24, 2.45) is 0 Å². The molecule has 3 aromatic rings. The summed E-state index contributed by atoms with van der Waals surface area (Å²) in [5, 5.41) is 66.5. The zero-order valence-electron chi connectivity index (χ0n) is 28.9. The lowest BCUT2D eigenvalue weighted by Crippen LogP contribution is -2.19. The van der Waals surface area contributed by atoms with Gasteiger partial charge in [-0.1, -0.05) is 19.1 Å². The summed E-state index contributed by atoms with van der Waals surface area (Å²) in [7, 11) is 0. The SMILES string of the molecule is CC(=O)CO.CC(=O)COC(C)=O.CC(=O)Oc1ccc([N+](=O)[O-])cc1.CCC(=O)[O-].O=[N+]([O-])c1ccc(O)cc1.O=[N+]([O-])c1ccc([O-])cc1.[H+]. The fourth-order valence-electron chi connectivity index (χ4n) is 2.15. The largest absolute Gasteiger partial charge is 1.00 e. The van der Waals surface area contributed by atoms with Crippen molar-refractivity contribution in [1.82, 2.24) is 0 Å². The highest BCUT2D eigenvalue weighted by molar-refractivity contribution is 5.79. The molecule has 20 heteroatoms. The van der Waals surface area contributed by atoms with Crippen LogP contribution in [0.3, 0.4) is 0 Å². The van der Waals surface area contributed by atoms with Crippen molar-refractivity contribution in [1.29, 1.82) is 0 Å². The monoisotopic (exact) mass is 722 g/mol. The molecule has 0 bridgehead atoms. The van der Waals surface area contributed by atoms with Crippen LogP contribution < -0.4 is 14.9 Å². The van der Waals surface area contributed by atoms with Gasteiger partial charge in [0.25, 0.3) is 17.1 Å². The van der Waals surface area contributed by atoms with Gasteiger partial charge in [-0.25, -0.2) is 0 Å². The minimum absolute atomic E-state index is 0. The maximum absolute atomic E-state index is 10.5. The number of phenolic OH excluding ortho intramolecular Hbond substituents is 1. The van der Waals surface area contributed by atoms with Crippen molar-refractivity contribution in [3.8, 4) is 17.2 Å². The number of nitro groups is 3. The number of nitro benzene ring substituents is 3. The molecule has 0 aliphatic carbocycles. The van der Waals surface area contributed by atoms with E-state index in [1.807, 2.05) is 0 Å². The van der Waals surface area contributed by atoms with E-state index in [-0.39, 0.29) is 61.2 Å². The number of rotatable bonds is 8. The van der Waals surface area contributed by atoms with Gasteiger partial charge in [-0.2, -0.15) is 0 Å². The molecule has 0 unspecified atom stereocenters. The van der Waals surface area contributed by atoms with Crippen molar-refractivity contribution >= 4 is 46.5 Å². The van der Waals surface area contributed by atoms with Crippen molar-refractivity contribution < 1.29 is 70.1 Å². The Kier molecular flexibility index (Phi) is 26.9. The maximum Gasteiger partial charge on any atom is 1.00 e. The van der Waals surface area contributed by atoms with Crippen LogP contribution >= 0.6 is 0 Å². The third kappa shape index (κ3) is 31.5. The Bertz CT molecular complexity index is 1480. The zero-order valence-corrected chi connectivity index (χ0v) is 27.9. The number of ketones is 2. The molecule has 0 fully saturated rings. The fourth-order valence-corrected chi connectivity index (χ4v) is 2.15. The molecule has 20 nitrogen and oxygen atoms in total. The number of phenols is 1. The van der Waals surface area contributed by atoms with Crippen LogP contribution in [0.4, 0.5) is 17.1 Å². The number of aliphatic carboxylic acids is 1. The van der Waals surface area contributed by atoms with Crippen LogP contribution in [0.2, 0.25) is 0 Å². The number of nitrogens with zero attached hydrogens (tertiary/aromatic N) is 3. The van der Waals surface area contributed by atoms with Gasteiger partial charge in [0.2, 0.25) is 0 Å². The van der Waals surface area contributed by atoms with Crippen molar-refractivity contribution in [2.75, 3.05) is 13.2 Å². The minimum atomic E-state index is -0.995. The van der Waals surface area contributed by atoms with E-state index in [4.69, 9.17) is 10.2 Å². The van der Waals surface area contributed by atoms with Crippen molar-refractivity contribution in [3.63, 3.8) is 0 Å². The number of Topliss-reactive ketones (excluding diaryl/α,β-unsaturated/α-hetero) is 2. The summed E-state index contributed by atoms with van der Waals surface area (Å²) < 4.78 is 9.00. The molecule has 0 heterocycles. The van der Waals surface area contributed by atoms with Gasteiger partial charge in [0, 0.05) is 56.2 Å². The van der Waals surface area contributed by atoms with E-state index >= 15 is 0 Å². The highest BCUT2D eigenvalue weighted by Gasteiger charge is 2.05. The highest BCUT2D eigenvalue weighted by Crippen LogP contribution is 2.17. The Morgan fingerprint density at radius 2 is 1.00 bits per heavy atom. The van der Waals surface area contributed by atoms with Gasteiger partial charge in [-0.05, 0) is 44.5 Å². The molecular weight excluding hydrogens is 686 g/mol. The summed E-state index contributed by atoms with van der Waals surface area (Å²) in [6, 6.07) is 15.0. The minimum Gasteiger partial charge on any atom is -0.872 e. The number of carbonyl (C=O) groups excluding carboxylic acids is 5. The Morgan fingerprint density at radius 1 is 0.667 bits per heavy atom. The number of esters is 2. The first-order chi connectivity index (χ1) is 23.7. The lowest BCUT2D eigenvalue weighted by Gasteiger charge is -2.00. The Hall–Kier alpha value is -6.83. The molecule has 0 spiro atoms. The number of carboxylic acids is 1. The number of carboxylic acid groups (broad SMARTS) is 1. The number of aliphatic hydroxyl groups is 1. The van der Waals surface area contributed by atoms with E-state index in [1.165, 1.54) is 95.3 Å². The van der Waals surface area contributed by atoms with Gasteiger partial charge in [0.05, 0.1) is 14.8 Å². The molecular formula is C31H36N3O17-. The van der Waals surface area contributed by atoms with Crippen LogP contribution in [0.1, 0.15) is 42.5 Å². The number of hydrogen-bond donors (Lipinski definition) is 2. The molecule has 0 aliphatic rings. The summed E-state index contributed by atoms with van der Waals surface area (Å²) in [4.78, 5) is 78.1. The van der Waals surface area contributed by atoms with Gasteiger partial charge in [-0.15, -0.1) is 5.75 Å². The van der Waals surface area contributed by atoms with E-state index in [2.05, 4.69) is 9.47 Å². The fraction of sp³-hybridized carbons (Fsp3) is 0.258. The second-order valence-corrected chi connectivity index (χ2v) is 8.94. The van der Waals surface area contributed by atoms with E-state index < -0.39 is 32.7 Å². The van der Waals surface area contributed by atoms with Crippen LogP contribution in [0, 0.1) is 30.3 Å². The first kappa shape index (κ1) is 48.6. The molecule has 0 aromatic heterocycles. The summed E-state index contributed by atoms with van der Waals surface area (Å²) in [6.45, 7) is 6.33. The number of carbonyl (C=O) groups is 5. The highest BCUT2D eigenvalue weighted by atomic mass is 16.6. The van der Waals surface area contributed by atoms with Crippen LogP contribution in [0.5, 0.6) is 17.2 Å². The van der Waals surface area contributed by atoms with E-state index in [0.29, 0.717) is 5.75 Å². The number of aromatic hydroxyl groups is 1. The number of hydrogen-bond acceptors (Lipinski definition) is 17. The Balaban J connectivity index is -0.000000273. The van der Waals surface area contributed by atoms with Gasteiger partial charge < -0.3 is 34.7 Å². The van der Waals surface area contributed by atoms with E-state index in [9.17, 15) is 64.5 Å². The summed E-state index contributed by atoms with van der Waals surface area (Å²) >= 11 is 0. The second-order valence-electron chi connectivity index (χ2n) is 8.94. The van der Waals surface area contributed by atoms with Crippen LogP contribution in [0.25, 0.3) is 0 Å². The number of non-ortho nitro benzene ring substituents is 3. The smallest absolute Gasteiger partial charge is 0.872 e. The quantitative estimate of drug-likeness (QED) is 0.146. The van der Waals surface area contributed by atoms with Crippen molar-refractivity contribution in [3.05, 3.63) is 103 Å². The number of benzene rings is 3. The summed E-state index contributed by atoms with van der Waals surface area (Å²) in [6.07, 6.45) is 0.111. The van der Waals surface area contributed by atoms with Gasteiger partial charge in [-0.3, -0.25) is 49.5 Å². The third-order valence-corrected chi connectivity index (χ3v) is 4.41.